The molecule has 0 bridgehead atoms. The van der Waals surface area contributed by atoms with E-state index < -0.39 is 6.09 Å². The Morgan fingerprint density at radius 3 is 2.48 bits per heavy atom. The number of amides is 2. The smallest absolute Gasteiger partial charge is 0.411 e. The molecule has 2 amide bonds. The minimum atomic E-state index is -0.534. The van der Waals surface area contributed by atoms with Gasteiger partial charge in [-0.05, 0) is 42.8 Å². The highest BCUT2D eigenvalue weighted by Crippen LogP contribution is 2.16. The zero-order valence-electron chi connectivity index (χ0n) is 16.4. The van der Waals surface area contributed by atoms with Crippen LogP contribution in [0.1, 0.15) is 28.4 Å². The van der Waals surface area contributed by atoms with Crippen LogP contribution in [0.2, 0.25) is 0 Å². The summed E-state index contributed by atoms with van der Waals surface area (Å²) in [7, 11) is 0. The lowest BCUT2D eigenvalue weighted by atomic mass is 10.1. The van der Waals surface area contributed by atoms with Gasteiger partial charge < -0.3 is 9.64 Å². The molecule has 0 saturated carbocycles. The van der Waals surface area contributed by atoms with Crippen LogP contribution in [0.5, 0.6) is 0 Å². The minimum Gasteiger partial charge on any atom is -0.450 e. The number of benzene rings is 2. The molecule has 1 saturated heterocycles. The number of carbonyl (C=O) groups excluding carboxylic acids is 2. The molecule has 0 atom stereocenters. The van der Waals surface area contributed by atoms with Gasteiger partial charge in [-0.1, -0.05) is 18.2 Å². The minimum absolute atomic E-state index is 0.0458. The lowest BCUT2D eigenvalue weighted by Gasteiger charge is -2.34. The fraction of sp³-hybridized carbons (Fsp3) is 0.318. The van der Waals surface area contributed by atoms with Gasteiger partial charge in [0, 0.05) is 44.0 Å². The van der Waals surface area contributed by atoms with Crippen LogP contribution >= 0.6 is 0 Å². The van der Waals surface area contributed by atoms with Crippen molar-refractivity contribution < 1.29 is 14.3 Å². The zero-order valence-corrected chi connectivity index (χ0v) is 16.4. The summed E-state index contributed by atoms with van der Waals surface area (Å²) >= 11 is 0. The fourth-order valence-electron chi connectivity index (χ4n) is 3.25. The molecule has 7 heteroatoms. The van der Waals surface area contributed by atoms with Crippen LogP contribution in [0.4, 0.5) is 10.5 Å². The highest BCUT2D eigenvalue weighted by atomic mass is 16.5. The van der Waals surface area contributed by atoms with Gasteiger partial charge in [-0.15, -0.1) is 0 Å². The zero-order chi connectivity index (χ0) is 20.6. The molecule has 1 heterocycles. The molecule has 0 spiro atoms. The normalized spacial score (nSPS) is 14.1. The van der Waals surface area contributed by atoms with Crippen LogP contribution in [0.3, 0.4) is 0 Å². The summed E-state index contributed by atoms with van der Waals surface area (Å²) in [5.41, 5.74) is 2.89. The highest BCUT2D eigenvalue weighted by Gasteiger charge is 2.22. The molecular weight excluding hydrogens is 368 g/mol. The van der Waals surface area contributed by atoms with Gasteiger partial charge in [0.2, 0.25) is 0 Å². The second-order valence-electron chi connectivity index (χ2n) is 6.80. The van der Waals surface area contributed by atoms with Crippen LogP contribution in [-0.2, 0) is 11.3 Å². The molecule has 0 aromatic heterocycles. The van der Waals surface area contributed by atoms with Gasteiger partial charge in [0.25, 0.3) is 5.91 Å². The van der Waals surface area contributed by atoms with Gasteiger partial charge in [0.1, 0.15) is 0 Å². The Balaban J connectivity index is 1.54. The Bertz CT molecular complexity index is 897. The summed E-state index contributed by atoms with van der Waals surface area (Å²) in [5, 5.41) is 11.5. The van der Waals surface area contributed by atoms with Crippen molar-refractivity contribution >= 4 is 17.7 Å². The number of nitrogens with zero attached hydrogens (tertiary/aromatic N) is 3. The van der Waals surface area contributed by atoms with E-state index in [0.717, 1.165) is 25.2 Å². The number of piperazine rings is 1. The Hall–Kier alpha value is -3.37. The van der Waals surface area contributed by atoms with E-state index in [-0.39, 0.29) is 12.5 Å². The highest BCUT2D eigenvalue weighted by molar-refractivity contribution is 5.96. The molecule has 150 valence electrons. The summed E-state index contributed by atoms with van der Waals surface area (Å²) in [4.78, 5) is 28.5. The Morgan fingerprint density at radius 1 is 1.10 bits per heavy atom. The van der Waals surface area contributed by atoms with Gasteiger partial charge in [-0.25, -0.2) is 4.79 Å². The number of ether oxygens (including phenoxy) is 1. The van der Waals surface area contributed by atoms with Crippen molar-refractivity contribution in [3.63, 3.8) is 0 Å². The first-order valence-electron chi connectivity index (χ1n) is 9.63. The second kappa shape index (κ2) is 9.71. The number of hydrogen-bond donors (Lipinski definition) is 1. The topological polar surface area (TPSA) is 85.7 Å². The van der Waals surface area contributed by atoms with Gasteiger partial charge in [-0.3, -0.25) is 15.0 Å². The lowest BCUT2D eigenvalue weighted by Crippen LogP contribution is -2.48. The first-order chi connectivity index (χ1) is 14.1. The van der Waals surface area contributed by atoms with Crippen molar-refractivity contribution in [1.82, 2.24) is 9.80 Å². The Morgan fingerprint density at radius 2 is 1.83 bits per heavy atom. The number of rotatable bonds is 5. The molecular formula is C22H24N4O3. The number of carbonyl (C=O) groups is 2. The maximum absolute atomic E-state index is 12.8. The predicted molar refractivity (Wildman–Crippen MR) is 109 cm³/mol. The molecule has 0 radical (unpaired) electrons. The fourth-order valence-corrected chi connectivity index (χ4v) is 3.25. The van der Waals surface area contributed by atoms with Crippen molar-refractivity contribution in [1.29, 1.82) is 5.26 Å². The van der Waals surface area contributed by atoms with Crippen LogP contribution in [-0.4, -0.2) is 54.6 Å². The molecule has 0 unspecified atom stereocenters. The van der Waals surface area contributed by atoms with Gasteiger partial charge in [0.15, 0.2) is 0 Å². The van der Waals surface area contributed by atoms with Crippen molar-refractivity contribution in [3.8, 4) is 6.07 Å². The largest absolute Gasteiger partial charge is 0.450 e. The molecule has 3 rings (SSSR count). The van der Waals surface area contributed by atoms with E-state index in [2.05, 4.69) is 16.3 Å². The predicted octanol–water partition coefficient (Wildman–Crippen LogP) is 3.08. The average Bonchev–Trinajstić information content (AvgIpc) is 2.75. The second-order valence-corrected chi connectivity index (χ2v) is 6.80. The van der Waals surface area contributed by atoms with E-state index in [0.29, 0.717) is 29.9 Å². The molecule has 29 heavy (non-hydrogen) atoms. The molecule has 0 aliphatic carbocycles. The van der Waals surface area contributed by atoms with E-state index in [1.165, 1.54) is 0 Å². The first kappa shape index (κ1) is 20.4. The molecule has 1 N–H and O–H groups in total. The van der Waals surface area contributed by atoms with Crippen LogP contribution in [0.15, 0.2) is 48.5 Å². The molecule has 1 aliphatic heterocycles. The lowest BCUT2D eigenvalue weighted by molar-refractivity contribution is 0.0628. The third kappa shape index (κ3) is 5.56. The van der Waals surface area contributed by atoms with Crippen LogP contribution < -0.4 is 5.32 Å². The van der Waals surface area contributed by atoms with Crippen LogP contribution in [0, 0.1) is 11.3 Å². The van der Waals surface area contributed by atoms with E-state index in [1.54, 1.807) is 31.2 Å². The van der Waals surface area contributed by atoms with Crippen molar-refractivity contribution in [2.24, 2.45) is 0 Å². The summed E-state index contributed by atoms with van der Waals surface area (Å²) in [6.07, 6.45) is -0.534. The van der Waals surface area contributed by atoms with E-state index in [1.807, 2.05) is 29.2 Å². The molecule has 2 aromatic carbocycles. The molecule has 1 fully saturated rings. The van der Waals surface area contributed by atoms with E-state index in [4.69, 9.17) is 10.00 Å². The van der Waals surface area contributed by atoms with E-state index >= 15 is 0 Å². The monoisotopic (exact) mass is 392 g/mol. The third-order valence-corrected chi connectivity index (χ3v) is 4.78. The maximum Gasteiger partial charge on any atom is 0.411 e. The Labute approximate surface area is 170 Å². The number of nitriles is 1. The van der Waals surface area contributed by atoms with Gasteiger partial charge in [0.05, 0.1) is 18.2 Å². The van der Waals surface area contributed by atoms with Crippen LogP contribution in [0.25, 0.3) is 0 Å². The summed E-state index contributed by atoms with van der Waals surface area (Å²) in [6, 6.07) is 16.6. The summed E-state index contributed by atoms with van der Waals surface area (Å²) in [6.45, 7) is 5.68. The number of hydrogen-bond acceptors (Lipinski definition) is 5. The SMILES string of the molecule is CCOC(=O)Nc1cccc(C(=O)N2CCN(Cc3ccc(C#N)cc3)CC2)c1. The van der Waals surface area contributed by atoms with Crippen molar-refractivity contribution in [2.75, 3.05) is 38.1 Å². The van der Waals surface area contributed by atoms with Crippen molar-refractivity contribution in [3.05, 3.63) is 65.2 Å². The number of nitrogens with one attached hydrogen (secondary N) is 1. The third-order valence-electron chi connectivity index (χ3n) is 4.78. The van der Waals surface area contributed by atoms with E-state index in [9.17, 15) is 9.59 Å². The van der Waals surface area contributed by atoms with Gasteiger partial charge in [-0.2, -0.15) is 5.26 Å². The molecule has 1 aliphatic rings. The first-order valence-corrected chi connectivity index (χ1v) is 9.63. The molecule has 7 nitrogen and oxygen atoms in total. The standard InChI is InChI=1S/C22H24N4O3/c1-2-29-22(28)24-20-5-3-4-19(14-20)21(27)26-12-10-25(11-13-26)16-18-8-6-17(15-23)7-9-18/h3-9,14H,2,10-13,16H2,1H3,(H,24,28). The summed E-state index contributed by atoms with van der Waals surface area (Å²) in [5.74, 6) is -0.0458. The maximum atomic E-state index is 12.8. The quantitative estimate of drug-likeness (QED) is 0.845. The van der Waals surface area contributed by atoms with Crippen molar-refractivity contribution in [2.45, 2.75) is 13.5 Å². The van der Waals surface area contributed by atoms with Gasteiger partial charge >= 0.3 is 6.09 Å². The number of anilines is 1. The summed E-state index contributed by atoms with van der Waals surface area (Å²) < 4.78 is 4.87. The molecule has 2 aromatic rings. The average molecular weight is 392 g/mol. The Kier molecular flexibility index (Phi) is 6.82.